The van der Waals surface area contributed by atoms with E-state index < -0.39 is 0 Å². The van der Waals surface area contributed by atoms with Crippen LogP contribution in [0.5, 0.6) is 5.75 Å². The topological polar surface area (TPSA) is 21.3 Å². The molecule has 0 unspecified atom stereocenters. The van der Waals surface area contributed by atoms with Crippen LogP contribution in [0.3, 0.4) is 0 Å². The summed E-state index contributed by atoms with van der Waals surface area (Å²) in [6, 6.07) is 12.2. The smallest absolute Gasteiger partial charge is 0.119 e. The van der Waals surface area contributed by atoms with E-state index in [4.69, 9.17) is 16.3 Å². The Balaban J connectivity index is 2.39. The highest BCUT2D eigenvalue weighted by molar-refractivity contribution is 6.30. The number of hydrogen-bond donors (Lipinski definition) is 1. The largest absolute Gasteiger partial charge is 0.497 e. The molecule has 0 aromatic heterocycles. The molecule has 2 rings (SSSR count). The highest BCUT2D eigenvalue weighted by Gasteiger charge is 2.09. The van der Waals surface area contributed by atoms with Crippen LogP contribution in [-0.2, 0) is 6.54 Å². The minimum Gasteiger partial charge on any atom is -0.497 e. The fourth-order valence-corrected chi connectivity index (χ4v) is 2.59. The number of halogens is 1. The molecule has 2 aromatic rings. The van der Waals surface area contributed by atoms with E-state index in [2.05, 4.69) is 37.4 Å². The Morgan fingerprint density at radius 2 is 1.90 bits per heavy atom. The third kappa shape index (κ3) is 3.99. The highest BCUT2D eigenvalue weighted by Crippen LogP contribution is 2.31. The van der Waals surface area contributed by atoms with Crippen LogP contribution in [0.1, 0.15) is 24.5 Å². The van der Waals surface area contributed by atoms with E-state index in [-0.39, 0.29) is 0 Å². The molecule has 0 amide bonds. The predicted molar refractivity (Wildman–Crippen MR) is 90.2 cm³/mol. The molecule has 112 valence electrons. The summed E-state index contributed by atoms with van der Waals surface area (Å²) in [4.78, 5) is 0. The van der Waals surface area contributed by atoms with Gasteiger partial charge in [0, 0.05) is 11.6 Å². The average molecular weight is 304 g/mol. The molecule has 0 bridgehead atoms. The zero-order chi connectivity index (χ0) is 15.2. The lowest BCUT2D eigenvalue weighted by molar-refractivity contribution is 0.414. The van der Waals surface area contributed by atoms with Crippen LogP contribution in [0.2, 0.25) is 5.02 Å². The first-order chi connectivity index (χ1) is 10.2. The van der Waals surface area contributed by atoms with Gasteiger partial charge in [0.2, 0.25) is 0 Å². The SMILES string of the molecule is CCCNCc1ccc(Cl)cc1-c1ccc(OC)cc1C. The molecule has 0 aliphatic carbocycles. The molecule has 0 aliphatic rings. The lowest BCUT2D eigenvalue weighted by Crippen LogP contribution is -2.14. The second-order valence-corrected chi connectivity index (χ2v) is 5.60. The van der Waals surface area contributed by atoms with Crippen molar-refractivity contribution in [3.63, 3.8) is 0 Å². The van der Waals surface area contributed by atoms with Crippen molar-refractivity contribution >= 4 is 11.6 Å². The fraction of sp³-hybridized carbons (Fsp3) is 0.333. The molecule has 0 aliphatic heterocycles. The minimum absolute atomic E-state index is 0.763. The van der Waals surface area contributed by atoms with E-state index in [1.54, 1.807) is 7.11 Å². The lowest BCUT2D eigenvalue weighted by atomic mass is 9.95. The third-order valence-corrected chi connectivity index (χ3v) is 3.77. The van der Waals surface area contributed by atoms with Gasteiger partial charge < -0.3 is 10.1 Å². The van der Waals surface area contributed by atoms with E-state index in [0.717, 1.165) is 30.3 Å². The van der Waals surface area contributed by atoms with Crippen LogP contribution < -0.4 is 10.1 Å². The van der Waals surface area contributed by atoms with Gasteiger partial charge in [0.25, 0.3) is 0 Å². The maximum atomic E-state index is 6.19. The summed E-state index contributed by atoms with van der Waals surface area (Å²) in [7, 11) is 1.69. The van der Waals surface area contributed by atoms with Crippen molar-refractivity contribution in [2.75, 3.05) is 13.7 Å². The fourth-order valence-electron chi connectivity index (χ4n) is 2.42. The van der Waals surface area contributed by atoms with Crippen molar-refractivity contribution in [2.45, 2.75) is 26.8 Å². The maximum absolute atomic E-state index is 6.19. The van der Waals surface area contributed by atoms with Gasteiger partial charge >= 0.3 is 0 Å². The molecule has 0 radical (unpaired) electrons. The Morgan fingerprint density at radius 3 is 2.57 bits per heavy atom. The number of methoxy groups -OCH3 is 1. The molecule has 1 N–H and O–H groups in total. The minimum atomic E-state index is 0.763. The Hall–Kier alpha value is -1.51. The Kier molecular flexibility index (Phi) is 5.66. The molecule has 3 heteroatoms. The molecule has 0 spiro atoms. The lowest BCUT2D eigenvalue weighted by Gasteiger charge is -2.14. The van der Waals surface area contributed by atoms with Gasteiger partial charge in [-0.1, -0.05) is 30.7 Å². The van der Waals surface area contributed by atoms with Crippen molar-refractivity contribution in [1.29, 1.82) is 0 Å². The van der Waals surface area contributed by atoms with E-state index in [9.17, 15) is 0 Å². The zero-order valence-electron chi connectivity index (χ0n) is 12.9. The maximum Gasteiger partial charge on any atom is 0.119 e. The van der Waals surface area contributed by atoms with Gasteiger partial charge in [-0.15, -0.1) is 0 Å². The molecular weight excluding hydrogens is 282 g/mol. The Labute approximate surface area is 132 Å². The van der Waals surface area contributed by atoms with Gasteiger partial charge in [-0.05, 0) is 66.4 Å². The van der Waals surface area contributed by atoms with Crippen molar-refractivity contribution in [2.24, 2.45) is 0 Å². The van der Waals surface area contributed by atoms with Crippen LogP contribution in [0.25, 0.3) is 11.1 Å². The van der Waals surface area contributed by atoms with E-state index >= 15 is 0 Å². The monoisotopic (exact) mass is 303 g/mol. The summed E-state index contributed by atoms with van der Waals surface area (Å²) in [6.07, 6.45) is 1.13. The summed E-state index contributed by atoms with van der Waals surface area (Å²) >= 11 is 6.19. The molecule has 0 saturated heterocycles. The summed E-state index contributed by atoms with van der Waals surface area (Å²) in [6.45, 7) is 6.14. The standard InChI is InChI=1S/C18H22ClNO/c1-4-9-20-12-14-5-6-15(19)11-18(14)17-8-7-16(21-3)10-13(17)2/h5-8,10-11,20H,4,9,12H2,1-3H3. The average Bonchev–Trinajstić information content (AvgIpc) is 2.49. The van der Waals surface area contributed by atoms with Crippen molar-refractivity contribution in [3.8, 4) is 16.9 Å². The van der Waals surface area contributed by atoms with Crippen molar-refractivity contribution < 1.29 is 4.74 Å². The second-order valence-electron chi connectivity index (χ2n) is 5.16. The second kappa shape index (κ2) is 7.48. The van der Waals surface area contributed by atoms with Crippen LogP contribution >= 0.6 is 11.6 Å². The van der Waals surface area contributed by atoms with Gasteiger partial charge in [0.05, 0.1) is 7.11 Å². The summed E-state index contributed by atoms with van der Waals surface area (Å²) in [5.74, 6) is 0.879. The van der Waals surface area contributed by atoms with Gasteiger partial charge in [0.1, 0.15) is 5.75 Å². The van der Waals surface area contributed by atoms with Gasteiger partial charge in [-0.25, -0.2) is 0 Å². The quantitative estimate of drug-likeness (QED) is 0.772. The van der Waals surface area contributed by atoms with Crippen LogP contribution in [-0.4, -0.2) is 13.7 Å². The molecule has 2 nitrogen and oxygen atoms in total. The van der Waals surface area contributed by atoms with E-state index in [1.165, 1.54) is 22.3 Å². The first-order valence-electron chi connectivity index (χ1n) is 7.30. The number of benzene rings is 2. The number of aryl methyl sites for hydroxylation is 1. The van der Waals surface area contributed by atoms with Gasteiger partial charge in [0.15, 0.2) is 0 Å². The van der Waals surface area contributed by atoms with Gasteiger partial charge in [-0.2, -0.15) is 0 Å². The van der Waals surface area contributed by atoms with Crippen LogP contribution in [0, 0.1) is 6.92 Å². The van der Waals surface area contributed by atoms with Crippen LogP contribution in [0.4, 0.5) is 0 Å². The first kappa shape index (κ1) is 15.9. The molecule has 2 aromatic carbocycles. The molecule has 0 fully saturated rings. The molecule has 0 atom stereocenters. The summed E-state index contributed by atoms with van der Waals surface area (Å²) in [5, 5.41) is 4.22. The molecule has 0 saturated carbocycles. The first-order valence-corrected chi connectivity index (χ1v) is 7.67. The normalized spacial score (nSPS) is 10.7. The third-order valence-electron chi connectivity index (χ3n) is 3.54. The molecule has 0 heterocycles. The Morgan fingerprint density at radius 1 is 1.10 bits per heavy atom. The molecular formula is C18H22ClNO. The Bertz CT molecular complexity index is 610. The summed E-state index contributed by atoms with van der Waals surface area (Å²) < 4.78 is 5.28. The number of nitrogens with one attached hydrogen (secondary N) is 1. The highest BCUT2D eigenvalue weighted by atomic mass is 35.5. The molecule has 21 heavy (non-hydrogen) atoms. The van der Waals surface area contributed by atoms with Crippen molar-refractivity contribution in [3.05, 3.63) is 52.5 Å². The number of rotatable bonds is 6. The predicted octanol–water partition coefficient (Wildman–Crippen LogP) is 4.82. The van der Waals surface area contributed by atoms with E-state index in [0.29, 0.717) is 0 Å². The van der Waals surface area contributed by atoms with Gasteiger partial charge in [-0.3, -0.25) is 0 Å². The number of ether oxygens (including phenoxy) is 1. The summed E-state index contributed by atoms with van der Waals surface area (Å²) in [5.41, 5.74) is 4.84. The zero-order valence-corrected chi connectivity index (χ0v) is 13.6. The number of hydrogen-bond acceptors (Lipinski definition) is 2. The van der Waals surface area contributed by atoms with E-state index in [1.807, 2.05) is 18.2 Å². The van der Waals surface area contributed by atoms with Crippen molar-refractivity contribution in [1.82, 2.24) is 5.32 Å². The van der Waals surface area contributed by atoms with Crippen LogP contribution in [0.15, 0.2) is 36.4 Å².